The van der Waals surface area contributed by atoms with E-state index in [1.165, 1.54) is 29.4 Å². The van der Waals surface area contributed by atoms with Gasteiger partial charge in [-0.25, -0.2) is 0 Å². The topological polar surface area (TPSA) is 90.7 Å². The zero-order valence-electron chi connectivity index (χ0n) is 15.0. The molecule has 1 amide bonds. The maximum Gasteiger partial charge on any atom is 0.300 e. The van der Waals surface area contributed by atoms with Gasteiger partial charge in [0, 0.05) is 28.7 Å². The van der Waals surface area contributed by atoms with Crippen molar-refractivity contribution < 1.29 is 19.8 Å². The number of phenols is 1. The van der Waals surface area contributed by atoms with E-state index in [-0.39, 0.29) is 17.1 Å². The fourth-order valence-electron chi connectivity index (χ4n) is 3.36. The van der Waals surface area contributed by atoms with Gasteiger partial charge in [-0.05, 0) is 48.0 Å². The van der Waals surface area contributed by atoms with Crippen LogP contribution in [0.1, 0.15) is 17.2 Å². The number of aromatic nitrogens is 1. The smallest absolute Gasteiger partial charge is 0.300 e. The summed E-state index contributed by atoms with van der Waals surface area (Å²) in [5.41, 5.74) is 1.30. The van der Waals surface area contributed by atoms with E-state index in [2.05, 4.69) is 4.98 Å². The summed E-state index contributed by atoms with van der Waals surface area (Å²) in [5.74, 6) is -1.84. The lowest BCUT2D eigenvalue weighted by atomic mass is 9.95. The molecular weight excluding hydrogens is 392 g/mol. The molecule has 1 unspecified atom stereocenters. The Morgan fingerprint density at radius 3 is 2.34 bits per heavy atom. The average molecular weight is 407 g/mol. The summed E-state index contributed by atoms with van der Waals surface area (Å²) in [7, 11) is 0. The monoisotopic (exact) mass is 406 g/mol. The Hall–Kier alpha value is -3.64. The Balaban J connectivity index is 1.96. The number of anilines is 1. The van der Waals surface area contributed by atoms with Gasteiger partial charge in [0.05, 0.1) is 11.6 Å². The number of ketones is 1. The molecule has 1 aliphatic heterocycles. The van der Waals surface area contributed by atoms with Crippen LogP contribution in [-0.2, 0) is 9.59 Å². The quantitative estimate of drug-likeness (QED) is 0.389. The van der Waals surface area contributed by atoms with Crippen LogP contribution in [0.5, 0.6) is 5.75 Å². The summed E-state index contributed by atoms with van der Waals surface area (Å²) < 4.78 is 0. The number of carbonyl (C=O) groups is 2. The van der Waals surface area contributed by atoms with Crippen molar-refractivity contribution in [1.82, 2.24) is 4.98 Å². The Bertz CT molecular complexity index is 1130. The molecule has 0 spiro atoms. The minimum atomic E-state index is -0.887. The van der Waals surface area contributed by atoms with Crippen LogP contribution in [0.2, 0.25) is 5.02 Å². The number of Topliss-reactive ketones (excluding diaryl/α,β-unsaturated/α-hetero) is 1. The normalized spacial score (nSPS) is 18.2. The van der Waals surface area contributed by atoms with Gasteiger partial charge >= 0.3 is 0 Å². The van der Waals surface area contributed by atoms with Gasteiger partial charge in [-0.3, -0.25) is 19.5 Å². The number of aliphatic hydroxyl groups excluding tert-OH is 1. The molecule has 1 fully saturated rings. The third kappa shape index (κ3) is 3.34. The predicted octanol–water partition coefficient (Wildman–Crippen LogP) is 4.07. The van der Waals surface area contributed by atoms with Gasteiger partial charge in [0.15, 0.2) is 0 Å². The first-order valence-corrected chi connectivity index (χ1v) is 9.11. The second kappa shape index (κ2) is 7.41. The second-order valence-electron chi connectivity index (χ2n) is 6.48. The third-order valence-electron chi connectivity index (χ3n) is 4.69. The lowest BCUT2D eigenvalue weighted by Crippen LogP contribution is -2.29. The summed E-state index contributed by atoms with van der Waals surface area (Å²) in [6.45, 7) is 0. The molecule has 0 bridgehead atoms. The van der Waals surface area contributed by atoms with E-state index >= 15 is 0 Å². The first kappa shape index (κ1) is 18.7. The summed E-state index contributed by atoms with van der Waals surface area (Å²) in [5, 5.41) is 20.9. The molecule has 3 aromatic rings. The molecule has 2 heterocycles. The first-order valence-electron chi connectivity index (χ1n) is 8.73. The van der Waals surface area contributed by atoms with Crippen LogP contribution in [0.4, 0.5) is 5.69 Å². The van der Waals surface area contributed by atoms with E-state index in [4.69, 9.17) is 11.6 Å². The Morgan fingerprint density at radius 1 is 1.00 bits per heavy atom. The minimum absolute atomic E-state index is 0.0441. The molecule has 7 heteroatoms. The zero-order valence-corrected chi connectivity index (χ0v) is 15.7. The number of hydrogen-bond acceptors (Lipinski definition) is 5. The van der Waals surface area contributed by atoms with Crippen molar-refractivity contribution >= 4 is 34.7 Å². The van der Waals surface area contributed by atoms with Gasteiger partial charge < -0.3 is 10.2 Å². The fraction of sp³-hybridized carbons (Fsp3) is 0.0455. The number of nitrogens with zero attached hydrogens (tertiary/aromatic N) is 2. The summed E-state index contributed by atoms with van der Waals surface area (Å²) in [6, 6.07) is 14.9. The Kier molecular flexibility index (Phi) is 4.78. The van der Waals surface area contributed by atoms with E-state index in [0.29, 0.717) is 21.8 Å². The Morgan fingerprint density at radius 2 is 1.69 bits per heavy atom. The van der Waals surface area contributed by atoms with Crippen LogP contribution in [0.25, 0.3) is 5.76 Å². The van der Waals surface area contributed by atoms with Crippen molar-refractivity contribution in [2.24, 2.45) is 0 Å². The number of amides is 1. The minimum Gasteiger partial charge on any atom is -0.508 e. The van der Waals surface area contributed by atoms with E-state index in [0.717, 1.165) is 0 Å². The molecular formula is C22H15ClN2O4. The Labute approximate surface area is 171 Å². The van der Waals surface area contributed by atoms with Crippen molar-refractivity contribution in [3.05, 3.63) is 94.8 Å². The van der Waals surface area contributed by atoms with Crippen molar-refractivity contribution in [2.45, 2.75) is 6.04 Å². The van der Waals surface area contributed by atoms with Gasteiger partial charge in [-0.2, -0.15) is 0 Å². The highest BCUT2D eigenvalue weighted by Gasteiger charge is 2.47. The fourth-order valence-corrected chi connectivity index (χ4v) is 3.55. The van der Waals surface area contributed by atoms with E-state index in [9.17, 15) is 19.8 Å². The van der Waals surface area contributed by atoms with Crippen LogP contribution >= 0.6 is 11.6 Å². The van der Waals surface area contributed by atoms with Crippen LogP contribution in [0, 0.1) is 0 Å². The molecule has 1 atom stereocenters. The van der Waals surface area contributed by atoms with Gasteiger partial charge in [0.2, 0.25) is 0 Å². The first-order chi connectivity index (χ1) is 14.0. The highest BCUT2D eigenvalue weighted by Crippen LogP contribution is 2.42. The van der Waals surface area contributed by atoms with Crippen LogP contribution in [0.15, 0.2) is 78.6 Å². The number of benzene rings is 2. The van der Waals surface area contributed by atoms with E-state index in [1.807, 2.05) is 0 Å². The van der Waals surface area contributed by atoms with Crippen molar-refractivity contribution in [1.29, 1.82) is 0 Å². The predicted molar refractivity (Wildman–Crippen MR) is 109 cm³/mol. The van der Waals surface area contributed by atoms with Crippen LogP contribution in [-0.4, -0.2) is 26.9 Å². The van der Waals surface area contributed by atoms with E-state index < -0.39 is 17.7 Å². The molecule has 0 saturated carbocycles. The average Bonchev–Trinajstić information content (AvgIpc) is 2.99. The number of aliphatic hydroxyl groups is 1. The number of pyridine rings is 1. The lowest BCUT2D eigenvalue weighted by molar-refractivity contribution is -0.132. The highest BCUT2D eigenvalue weighted by atomic mass is 35.5. The van der Waals surface area contributed by atoms with Crippen LogP contribution in [0.3, 0.4) is 0 Å². The highest BCUT2D eigenvalue weighted by molar-refractivity contribution is 6.51. The molecule has 1 aromatic heterocycles. The third-order valence-corrected chi connectivity index (χ3v) is 4.93. The maximum atomic E-state index is 12.9. The van der Waals surface area contributed by atoms with Crippen molar-refractivity contribution in [3.8, 4) is 5.75 Å². The lowest BCUT2D eigenvalue weighted by Gasteiger charge is -2.25. The van der Waals surface area contributed by atoms with Gasteiger partial charge in [-0.1, -0.05) is 29.8 Å². The molecule has 2 N–H and O–H groups in total. The van der Waals surface area contributed by atoms with Crippen molar-refractivity contribution in [2.75, 3.05) is 4.90 Å². The van der Waals surface area contributed by atoms with Gasteiger partial charge in [0.1, 0.15) is 11.5 Å². The number of rotatable bonds is 3. The molecule has 2 aromatic carbocycles. The number of aromatic hydroxyl groups is 1. The molecule has 4 rings (SSSR count). The van der Waals surface area contributed by atoms with Crippen molar-refractivity contribution in [3.63, 3.8) is 0 Å². The number of phenolic OH excluding ortho intramolecular Hbond substituents is 1. The van der Waals surface area contributed by atoms with Crippen LogP contribution < -0.4 is 4.90 Å². The molecule has 0 aliphatic carbocycles. The summed E-state index contributed by atoms with van der Waals surface area (Å²) in [6.07, 6.45) is 2.97. The zero-order chi connectivity index (χ0) is 20.5. The number of carbonyl (C=O) groups excluding carboxylic acids is 2. The summed E-state index contributed by atoms with van der Waals surface area (Å²) in [4.78, 5) is 31.1. The van der Waals surface area contributed by atoms with Gasteiger partial charge in [-0.15, -0.1) is 0 Å². The molecule has 1 saturated heterocycles. The van der Waals surface area contributed by atoms with Gasteiger partial charge in [0.25, 0.3) is 11.7 Å². The molecule has 144 valence electrons. The molecule has 1 aliphatic rings. The number of halogens is 1. The molecule has 6 nitrogen and oxygen atoms in total. The molecule has 29 heavy (non-hydrogen) atoms. The maximum absolute atomic E-state index is 12.9. The molecule has 0 radical (unpaired) electrons. The van der Waals surface area contributed by atoms with E-state index in [1.54, 1.807) is 48.5 Å². The largest absolute Gasteiger partial charge is 0.508 e. The standard InChI is InChI=1S/C22H15ClN2O4/c23-15-2-1-3-16(12-15)25-19(13-4-6-17(26)7-5-13)18(21(28)22(25)29)20(27)14-8-10-24-11-9-14/h1-12,19,26-27H/b20-18+. The SMILES string of the molecule is O=C1C(=O)N(c2cccc(Cl)c2)C(c2ccc(O)cc2)/C1=C(\O)c1ccncc1. The summed E-state index contributed by atoms with van der Waals surface area (Å²) >= 11 is 6.09. The second-order valence-corrected chi connectivity index (χ2v) is 6.91. The number of hydrogen-bond donors (Lipinski definition) is 2.